The van der Waals surface area contributed by atoms with Crippen LogP contribution in [0.3, 0.4) is 0 Å². The van der Waals surface area contributed by atoms with E-state index in [0.29, 0.717) is 6.54 Å². The third-order valence-electron chi connectivity index (χ3n) is 3.52. The Bertz CT molecular complexity index is 308. The van der Waals surface area contributed by atoms with E-state index in [2.05, 4.69) is 12.2 Å². The normalized spacial score (nSPS) is 25.4. The molecule has 2 fully saturated rings. The number of alkyl halides is 2. The van der Waals surface area contributed by atoms with Crippen molar-refractivity contribution >= 4 is 5.91 Å². The first-order chi connectivity index (χ1) is 8.59. The number of halogens is 2. The number of amides is 1. The first-order valence-corrected chi connectivity index (χ1v) is 6.54. The Labute approximate surface area is 106 Å². The average molecular weight is 262 g/mol. The fourth-order valence-corrected chi connectivity index (χ4v) is 2.45. The summed E-state index contributed by atoms with van der Waals surface area (Å²) in [6.45, 7) is 2.08. The van der Waals surface area contributed by atoms with Crippen LogP contribution in [0.25, 0.3) is 0 Å². The second kappa shape index (κ2) is 5.48. The van der Waals surface area contributed by atoms with Gasteiger partial charge in [0.15, 0.2) is 0 Å². The Morgan fingerprint density at radius 3 is 2.83 bits per heavy atom. The van der Waals surface area contributed by atoms with Crippen molar-refractivity contribution in [3.05, 3.63) is 0 Å². The minimum atomic E-state index is -2.45. The van der Waals surface area contributed by atoms with Gasteiger partial charge in [0.2, 0.25) is 5.91 Å². The number of hydrogen-bond acceptors (Lipinski definition) is 3. The molecule has 1 amide bonds. The molecule has 0 radical (unpaired) electrons. The van der Waals surface area contributed by atoms with E-state index in [-0.39, 0.29) is 24.2 Å². The van der Waals surface area contributed by atoms with Gasteiger partial charge in [-0.25, -0.2) is 8.78 Å². The molecule has 1 atom stereocenters. The molecule has 1 aliphatic carbocycles. The minimum absolute atomic E-state index is 0.0418. The van der Waals surface area contributed by atoms with Crippen molar-refractivity contribution in [2.75, 3.05) is 19.8 Å². The highest BCUT2D eigenvalue weighted by molar-refractivity contribution is 5.91. The van der Waals surface area contributed by atoms with Gasteiger partial charge in [-0.15, -0.1) is 0 Å². The summed E-state index contributed by atoms with van der Waals surface area (Å²) in [7, 11) is 0. The summed E-state index contributed by atoms with van der Waals surface area (Å²) in [5.41, 5.74) is -0.331. The largest absolute Gasteiger partial charge is 0.374 e. The van der Waals surface area contributed by atoms with E-state index in [1.807, 2.05) is 0 Å². The lowest BCUT2D eigenvalue weighted by Crippen LogP contribution is -2.39. The molecule has 0 aromatic rings. The Kier molecular flexibility index (Phi) is 4.17. The van der Waals surface area contributed by atoms with Gasteiger partial charge >= 0.3 is 0 Å². The van der Waals surface area contributed by atoms with Crippen LogP contribution in [0.1, 0.15) is 32.6 Å². The van der Waals surface area contributed by atoms with Crippen LogP contribution in [0, 0.1) is 0 Å². The second-order valence-electron chi connectivity index (χ2n) is 5.00. The molecule has 0 aromatic carbocycles. The van der Waals surface area contributed by atoms with Gasteiger partial charge in [0, 0.05) is 6.54 Å². The van der Waals surface area contributed by atoms with Gasteiger partial charge in [0.25, 0.3) is 6.43 Å². The molecule has 1 heterocycles. The Hall–Kier alpha value is -0.750. The number of rotatable bonds is 7. The number of carbonyl (C=O) groups is 1. The maximum Gasteiger partial charge on any atom is 0.261 e. The van der Waals surface area contributed by atoms with E-state index >= 15 is 0 Å². The summed E-state index contributed by atoms with van der Waals surface area (Å²) in [4.78, 5) is 13.9. The third-order valence-corrected chi connectivity index (χ3v) is 3.52. The smallest absolute Gasteiger partial charge is 0.261 e. The highest BCUT2D eigenvalue weighted by atomic mass is 19.3. The molecule has 1 unspecified atom stereocenters. The number of ether oxygens (including phenoxy) is 1. The molecule has 0 aromatic heterocycles. The molecule has 1 N–H and O–H groups in total. The minimum Gasteiger partial charge on any atom is -0.374 e. The van der Waals surface area contributed by atoms with Crippen LogP contribution in [-0.2, 0) is 9.53 Å². The lowest BCUT2D eigenvalue weighted by molar-refractivity contribution is -0.131. The van der Waals surface area contributed by atoms with Crippen LogP contribution in [0.4, 0.5) is 8.78 Å². The van der Waals surface area contributed by atoms with E-state index < -0.39 is 13.0 Å². The summed E-state index contributed by atoms with van der Waals surface area (Å²) in [5, 5.41) is 3.36. The average Bonchev–Trinajstić information content (AvgIpc) is 3.03. The predicted octanol–water partition coefficient (Wildman–Crippen LogP) is 1.36. The van der Waals surface area contributed by atoms with Gasteiger partial charge in [-0.1, -0.05) is 13.3 Å². The van der Waals surface area contributed by atoms with Gasteiger partial charge in [-0.05, 0) is 19.3 Å². The molecule has 1 spiro atoms. The van der Waals surface area contributed by atoms with Crippen LogP contribution in [-0.4, -0.2) is 48.7 Å². The first kappa shape index (κ1) is 13.7. The van der Waals surface area contributed by atoms with Gasteiger partial charge < -0.3 is 9.64 Å². The molecular formula is C12H20F2N2O2. The quantitative estimate of drug-likeness (QED) is 0.704. The molecule has 18 heavy (non-hydrogen) atoms. The molecular weight excluding hydrogens is 242 g/mol. The predicted molar refractivity (Wildman–Crippen MR) is 62.3 cm³/mol. The Morgan fingerprint density at radius 1 is 1.56 bits per heavy atom. The number of nitrogens with zero attached hydrogens (tertiary/aromatic N) is 1. The fraction of sp³-hybridized carbons (Fsp3) is 0.917. The second-order valence-corrected chi connectivity index (χ2v) is 5.00. The highest BCUT2D eigenvalue weighted by Gasteiger charge is 2.58. The summed E-state index contributed by atoms with van der Waals surface area (Å²) >= 11 is 0. The van der Waals surface area contributed by atoms with Crippen molar-refractivity contribution in [1.82, 2.24) is 10.2 Å². The van der Waals surface area contributed by atoms with Gasteiger partial charge in [-0.2, -0.15) is 0 Å². The first-order valence-electron chi connectivity index (χ1n) is 6.54. The monoisotopic (exact) mass is 262 g/mol. The molecule has 6 heteroatoms. The summed E-state index contributed by atoms with van der Waals surface area (Å²) in [5.74, 6) is 0.113. The summed E-state index contributed by atoms with van der Waals surface area (Å²) in [6.07, 6.45) is 1.25. The van der Waals surface area contributed by atoms with Crippen molar-refractivity contribution in [3.8, 4) is 0 Å². The van der Waals surface area contributed by atoms with Crippen molar-refractivity contribution in [3.63, 3.8) is 0 Å². The molecule has 1 aliphatic heterocycles. The zero-order valence-electron chi connectivity index (χ0n) is 10.6. The lowest BCUT2D eigenvalue weighted by Gasteiger charge is -2.23. The molecule has 0 bridgehead atoms. The molecule has 104 valence electrons. The van der Waals surface area contributed by atoms with Crippen molar-refractivity contribution < 1.29 is 18.3 Å². The molecule has 1 saturated carbocycles. The van der Waals surface area contributed by atoms with E-state index in [4.69, 9.17) is 4.74 Å². The van der Waals surface area contributed by atoms with E-state index in [0.717, 1.165) is 25.7 Å². The van der Waals surface area contributed by atoms with Crippen molar-refractivity contribution in [2.45, 2.75) is 50.7 Å². The van der Waals surface area contributed by atoms with E-state index in [9.17, 15) is 13.6 Å². The van der Waals surface area contributed by atoms with E-state index in [1.54, 1.807) is 4.90 Å². The topological polar surface area (TPSA) is 41.6 Å². The van der Waals surface area contributed by atoms with Crippen LogP contribution in [0.15, 0.2) is 0 Å². The fourth-order valence-electron chi connectivity index (χ4n) is 2.45. The lowest BCUT2D eigenvalue weighted by atomic mass is 10.2. The van der Waals surface area contributed by atoms with Crippen LogP contribution < -0.4 is 5.32 Å². The van der Waals surface area contributed by atoms with Crippen LogP contribution in [0.5, 0.6) is 0 Å². The maximum atomic E-state index is 12.2. The summed E-state index contributed by atoms with van der Waals surface area (Å²) < 4.78 is 28.7. The number of nitrogens with one attached hydrogen (secondary N) is 1. The molecule has 2 rings (SSSR count). The van der Waals surface area contributed by atoms with Gasteiger partial charge in [0.1, 0.15) is 6.61 Å². The van der Waals surface area contributed by atoms with Crippen molar-refractivity contribution in [1.29, 1.82) is 0 Å². The van der Waals surface area contributed by atoms with Crippen LogP contribution in [0.2, 0.25) is 0 Å². The van der Waals surface area contributed by atoms with Crippen molar-refractivity contribution in [2.24, 2.45) is 0 Å². The Morgan fingerprint density at radius 2 is 2.28 bits per heavy atom. The third kappa shape index (κ3) is 2.80. The standard InChI is InChI=1S/C12H20F2N2O2/c1-2-3-10-15-12(4-5-12)11(17)16(10)6-7-18-8-9(13)14/h9-10,15H,2-8H2,1H3. The SMILES string of the molecule is CCCC1NC2(CC2)C(=O)N1CCOCC(F)F. The van der Waals surface area contributed by atoms with E-state index in [1.165, 1.54) is 0 Å². The van der Waals surface area contributed by atoms with Gasteiger partial charge in [-0.3, -0.25) is 10.1 Å². The van der Waals surface area contributed by atoms with Gasteiger partial charge in [0.05, 0.1) is 18.3 Å². The molecule has 4 nitrogen and oxygen atoms in total. The molecule has 2 aliphatic rings. The maximum absolute atomic E-state index is 12.2. The zero-order valence-corrected chi connectivity index (χ0v) is 10.6. The van der Waals surface area contributed by atoms with Crippen LogP contribution >= 0.6 is 0 Å². The summed E-state index contributed by atoms with van der Waals surface area (Å²) in [6, 6.07) is 0. The number of carbonyl (C=O) groups excluding carboxylic acids is 1. The number of hydrogen-bond donors (Lipinski definition) is 1. The molecule has 1 saturated heterocycles. The highest BCUT2D eigenvalue weighted by Crippen LogP contribution is 2.42. The Balaban J connectivity index is 1.82. The zero-order chi connectivity index (χ0) is 13.2.